The lowest BCUT2D eigenvalue weighted by atomic mass is 10.0. The molecule has 1 rings (SSSR count). The van der Waals surface area contributed by atoms with Crippen molar-refractivity contribution < 1.29 is 0 Å². The molecule has 0 heterocycles. The molecule has 0 aliphatic heterocycles. The molecule has 0 saturated heterocycles. The number of rotatable bonds is 10. The fourth-order valence-electron chi connectivity index (χ4n) is 2.34. The van der Waals surface area contributed by atoms with Crippen LogP contribution in [0.25, 0.3) is 0 Å². The van der Waals surface area contributed by atoms with Gasteiger partial charge in [-0.05, 0) is 32.9 Å². The van der Waals surface area contributed by atoms with Crippen LogP contribution in [0.15, 0.2) is 30.3 Å². The van der Waals surface area contributed by atoms with Gasteiger partial charge in [0.05, 0.1) is 0 Å². The van der Waals surface area contributed by atoms with Gasteiger partial charge in [-0.1, -0.05) is 56.5 Å². The van der Waals surface area contributed by atoms with Crippen LogP contribution in [0.3, 0.4) is 0 Å². The summed E-state index contributed by atoms with van der Waals surface area (Å²) in [4.78, 5) is 2.39. The first-order valence-corrected chi connectivity index (χ1v) is 8.13. The van der Waals surface area contributed by atoms with E-state index in [9.17, 15) is 0 Å². The largest absolute Gasteiger partial charge is 0.309 e. The van der Waals surface area contributed by atoms with E-state index in [2.05, 4.69) is 68.4 Å². The summed E-state index contributed by atoms with van der Waals surface area (Å²) < 4.78 is 0. The molecule has 0 spiro atoms. The van der Waals surface area contributed by atoms with Crippen LogP contribution in [0.4, 0.5) is 0 Å². The van der Waals surface area contributed by atoms with E-state index in [1.165, 1.54) is 31.2 Å². The summed E-state index contributed by atoms with van der Waals surface area (Å²) >= 11 is 0. The molecule has 20 heavy (non-hydrogen) atoms. The SMILES string of the molecule is CCCCCC(NCCN(C)C(C)C)c1ccccc1. The molecule has 0 aromatic heterocycles. The Bertz CT molecular complexity index is 335. The Kier molecular flexibility index (Phi) is 8.56. The van der Waals surface area contributed by atoms with Crippen LogP contribution < -0.4 is 5.32 Å². The van der Waals surface area contributed by atoms with Gasteiger partial charge in [0.1, 0.15) is 0 Å². The summed E-state index contributed by atoms with van der Waals surface area (Å²) in [6.07, 6.45) is 5.17. The third kappa shape index (κ3) is 6.53. The van der Waals surface area contributed by atoms with Gasteiger partial charge in [-0.25, -0.2) is 0 Å². The van der Waals surface area contributed by atoms with Gasteiger partial charge in [0.25, 0.3) is 0 Å². The molecule has 0 fully saturated rings. The van der Waals surface area contributed by atoms with Gasteiger partial charge in [-0.2, -0.15) is 0 Å². The Morgan fingerprint density at radius 1 is 1.10 bits per heavy atom. The zero-order chi connectivity index (χ0) is 14.8. The van der Waals surface area contributed by atoms with Crippen molar-refractivity contribution in [2.45, 2.75) is 58.5 Å². The van der Waals surface area contributed by atoms with Crippen molar-refractivity contribution in [1.82, 2.24) is 10.2 Å². The smallest absolute Gasteiger partial charge is 0.0320 e. The Morgan fingerprint density at radius 3 is 2.40 bits per heavy atom. The van der Waals surface area contributed by atoms with Gasteiger partial charge >= 0.3 is 0 Å². The third-order valence-corrected chi connectivity index (χ3v) is 4.04. The maximum absolute atomic E-state index is 3.74. The highest BCUT2D eigenvalue weighted by atomic mass is 15.1. The second kappa shape index (κ2) is 9.95. The lowest BCUT2D eigenvalue weighted by Gasteiger charge is -2.24. The highest BCUT2D eigenvalue weighted by molar-refractivity contribution is 5.18. The predicted molar refractivity (Wildman–Crippen MR) is 89.1 cm³/mol. The van der Waals surface area contributed by atoms with Crippen LogP contribution in [0.2, 0.25) is 0 Å². The van der Waals surface area contributed by atoms with Crippen LogP contribution >= 0.6 is 0 Å². The summed E-state index contributed by atoms with van der Waals surface area (Å²) in [6, 6.07) is 12.0. The van der Waals surface area contributed by atoms with Gasteiger partial charge < -0.3 is 10.2 Å². The lowest BCUT2D eigenvalue weighted by Crippen LogP contribution is -2.35. The van der Waals surface area contributed by atoms with Crippen molar-refractivity contribution in [3.05, 3.63) is 35.9 Å². The van der Waals surface area contributed by atoms with E-state index in [1.807, 2.05) is 0 Å². The minimum atomic E-state index is 0.503. The Morgan fingerprint density at radius 2 is 1.80 bits per heavy atom. The number of hydrogen-bond donors (Lipinski definition) is 1. The Hall–Kier alpha value is -0.860. The molecule has 0 saturated carbocycles. The molecular weight excluding hydrogens is 244 g/mol. The number of unbranched alkanes of at least 4 members (excludes halogenated alkanes) is 2. The van der Waals surface area contributed by atoms with Crippen molar-refractivity contribution >= 4 is 0 Å². The van der Waals surface area contributed by atoms with Crippen molar-refractivity contribution in [2.24, 2.45) is 0 Å². The summed E-state index contributed by atoms with van der Waals surface area (Å²) in [6.45, 7) is 8.92. The van der Waals surface area contributed by atoms with E-state index in [0.29, 0.717) is 12.1 Å². The van der Waals surface area contributed by atoms with Crippen molar-refractivity contribution in [2.75, 3.05) is 20.1 Å². The van der Waals surface area contributed by atoms with Crippen LogP contribution in [0.5, 0.6) is 0 Å². The molecule has 0 bridgehead atoms. The van der Waals surface area contributed by atoms with Crippen LogP contribution in [-0.4, -0.2) is 31.1 Å². The third-order valence-electron chi connectivity index (χ3n) is 4.04. The zero-order valence-corrected chi connectivity index (χ0v) is 13.7. The van der Waals surface area contributed by atoms with Crippen molar-refractivity contribution in [1.29, 1.82) is 0 Å². The summed E-state index contributed by atoms with van der Waals surface area (Å²) in [7, 11) is 2.20. The molecule has 0 aliphatic carbocycles. The average molecular weight is 276 g/mol. The maximum Gasteiger partial charge on any atom is 0.0320 e. The molecule has 1 unspecified atom stereocenters. The number of nitrogens with one attached hydrogen (secondary N) is 1. The Balaban J connectivity index is 2.46. The fraction of sp³-hybridized carbons (Fsp3) is 0.667. The first kappa shape index (κ1) is 17.2. The fourth-order valence-corrected chi connectivity index (χ4v) is 2.34. The molecular formula is C18H32N2. The van der Waals surface area contributed by atoms with Crippen molar-refractivity contribution in [3.8, 4) is 0 Å². The number of hydrogen-bond acceptors (Lipinski definition) is 2. The zero-order valence-electron chi connectivity index (χ0n) is 13.7. The van der Waals surface area contributed by atoms with Crippen LogP contribution in [0, 0.1) is 0 Å². The number of nitrogens with zero attached hydrogens (tertiary/aromatic N) is 1. The summed E-state index contributed by atoms with van der Waals surface area (Å²) in [5.74, 6) is 0. The van der Waals surface area contributed by atoms with E-state index in [0.717, 1.165) is 13.1 Å². The van der Waals surface area contributed by atoms with Gasteiger partial charge in [0, 0.05) is 25.2 Å². The molecule has 2 nitrogen and oxygen atoms in total. The summed E-state index contributed by atoms with van der Waals surface area (Å²) in [5.41, 5.74) is 1.43. The van der Waals surface area contributed by atoms with Gasteiger partial charge in [0.15, 0.2) is 0 Å². The highest BCUT2D eigenvalue weighted by Gasteiger charge is 2.11. The topological polar surface area (TPSA) is 15.3 Å². The van der Waals surface area contributed by atoms with Crippen molar-refractivity contribution in [3.63, 3.8) is 0 Å². The van der Waals surface area contributed by atoms with E-state index in [1.54, 1.807) is 0 Å². The van der Waals surface area contributed by atoms with Gasteiger partial charge in [-0.15, -0.1) is 0 Å². The summed E-state index contributed by atoms with van der Waals surface area (Å²) in [5, 5.41) is 3.74. The quantitative estimate of drug-likeness (QED) is 0.643. The standard InChI is InChI=1S/C18H32N2/c1-5-6-8-13-18(17-11-9-7-10-12-17)19-14-15-20(4)16(2)3/h7,9-12,16,18-19H,5-6,8,13-15H2,1-4H3. The molecule has 1 aromatic carbocycles. The molecule has 1 N–H and O–H groups in total. The highest BCUT2D eigenvalue weighted by Crippen LogP contribution is 2.19. The Labute approximate surface area is 125 Å². The molecule has 114 valence electrons. The molecule has 0 aliphatic rings. The molecule has 0 amide bonds. The van der Waals surface area contributed by atoms with E-state index >= 15 is 0 Å². The second-order valence-corrected chi connectivity index (χ2v) is 5.99. The van der Waals surface area contributed by atoms with Crippen LogP contribution in [-0.2, 0) is 0 Å². The molecule has 1 atom stereocenters. The number of likely N-dealkylation sites (N-methyl/N-ethyl adjacent to an activating group) is 1. The van der Waals surface area contributed by atoms with E-state index in [-0.39, 0.29) is 0 Å². The minimum absolute atomic E-state index is 0.503. The maximum atomic E-state index is 3.74. The number of benzene rings is 1. The van der Waals surface area contributed by atoms with Gasteiger partial charge in [-0.3, -0.25) is 0 Å². The normalized spacial score (nSPS) is 13.1. The minimum Gasteiger partial charge on any atom is -0.309 e. The first-order valence-electron chi connectivity index (χ1n) is 8.13. The van der Waals surface area contributed by atoms with E-state index < -0.39 is 0 Å². The van der Waals surface area contributed by atoms with E-state index in [4.69, 9.17) is 0 Å². The molecule has 2 heteroatoms. The van der Waals surface area contributed by atoms with Crippen LogP contribution in [0.1, 0.15) is 58.1 Å². The monoisotopic (exact) mass is 276 g/mol. The second-order valence-electron chi connectivity index (χ2n) is 5.99. The molecule has 0 radical (unpaired) electrons. The average Bonchev–Trinajstić information content (AvgIpc) is 2.46. The first-order chi connectivity index (χ1) is 9.65. The lowest BCUT2D eigenvalue weighted by molar-refractivity contribution is 0.267. The predicted octanol–water partition coefficient (Wildman–Crippen LogP) is 4.24. The van der Waals surface area contributed by atoms with Gasteiger partial charge in [0.2, 0.25) is 0 Å². The molecule has 1 aromatic rings.